The molecule has 0 saturated heterocycles. The highest BCUT2D eigenvalue weighted by molar-refractivity contribution is 6.70. The van der Waals surface area contributed by atoms with Gasteiger partial charge in [-0.3, -0.25) is 0 Å². The monoisotopic (exact) mass is 162 g/mol. The molecular formula is C11H19B. The molecule has 0 aromatic carbocycles. The first-order valence-electron chi connectivity index (χ1n) is 4.99. The summed E-state index contributed by atoms with van der Waals surface area (Å²) in [5.74, 6) is 1.53. The van der Waals surface area contributed by atoms with E-state index in [-0.39, 0.29) is 0 Å². The van der Waals surface area contributed by atoms with E-state index in [1.165, 1.54) is 0 Å². The van der Waals surface area contributed by atoms with E-state index in [4.69, 9.17) is 0 Å². The zero-order valence-electron chi connectivity index (χ0n) is 8.67. The van der Waals surface area contributed by atoms with Crippen LogP contribution in [0.4, 0.5) is 0 Å². The summed E-state index contributed by atoms with van der Waals surface area (Å²) in [7, 11) is 0. The van der Waals surface area contributed by atoms with Gasteiger partial charge in [0.2, 0.25) is 0 Å². The molecule has 0 heterocycles. The fourth-order valence-electron chi connectivity index (χ4n) is 2.26. The van der Waals surface area contributed by atoms with Crippen LogP contribution in [0.25, 0.3) is 0 Å². The summed E-state index contributed by atoms with van der Waals surface area (Å²) in [6.45, 7) is 10.0. The van der Waals surface area contributed by atoms with Gasteiger partial charge < -0.3 is 0 Å². The second-order valence-corrected chi connectivity index (χ2v) is 4.36. The summed E-state index contributed by atoms with van der Waals surface area (Å²) in [6, 6.07) is 0. The van der Waals surface area contributed by atoms with E-state index in [0.29, 0.717) is 0 Å². The summed E-state index contributed by atoms with van der Waals surface area (Å²) in [5, 5.41) is 0. The third kappa shape index (κ3) is 2.03. The van der Waals surface area contributed by atoms with Crippen LogP contribution in [0, 0.1) is 0 Å². The number of hydrogen-bond acceptors (Lipinski definition) is 0. The Kier molecular flexibility index (Phi) is 3.19. The van der Waals surface area contributed by atoms with Crippen LogP contribution < -0.4 is 0 Å². The van der Waals surface area contributed by atoms with Crippen LogP contribution >= 0.6 is 0 Å². The summed E-state index contributed by atoms with van der Waals surface area (Å²) >= 11 is 0. The Hall–Kier alpha value is -0.455. The van der Waals surface area contributed by atoms with Gasteiger partial charge in [0.25, 0.3) is 0 Å². The molecule has 0 saturated carbocycles. The Balaban J connectivity index is 2.72. The molecule has 0 atom stereocenters. The van der Waals surface area contributed by atoms with Crippen molar-refractivity contribution in [1.82, 2.24) is 0 Å². The van der Waals surface area contributed by atoms with Gasteiger partial charge in [0.15, 0.2) is 6.71 Å². The first-order valence-corrected chi connectivity index (χ1v) is 4.99. The van der Waals surface area contributed by atoms with Gasteiger partial charge >= 0.3 is 0 Å². The number of allylic oxidation sites excluding steroid dienone is 4. The van der Waals surface area contributed by atoms with Crippen molar-refractivity contribution in [2.45, 2.75) is 45.8 Å². The van der Waals surface area contributed by atoms with Crippen LogP contribution in [0.5, 0.6) is 0 Å². The van der Waals surface area contributed by atoms with Gasteiger partial charge in [-0.2, -0.15) is 0 Å². The highest BCUT2D eigenvalue weighted by Gasteiger charge is 2.25. The molecule has 0 spiro atoms. The average Bonchev–Trinajstić information content (AvgIpc) is 2.37. The van der Waals surface area contributed by atoms with E-state index >= 15 is 0 Å². The summed E-state index contributed by atoms with van der Waals surface area (Å²) in [5.41, 5.74) is 1.56. The van der Waals surface area contributed by atoms with Gasteiger partial charge in [-0.1, -0.05) is 63.0 Å². The Morgan fingerprint density at radius 1 is 1.17 bits per heavy atom. The highest BCUT2D eigenvalue weighted by Crippen LogP contribution is 2.29. The Morgan fingerprint density at radius 3 is 2.08 bits per heavy atom. The first kappa shape index (κ1) is 9.63. The topological polar surface area (TPSA) is 0 Å². The van der Waals surface area contributed by atoms with E-state index in [1.807, 2.05) is 0 Å². The van der Waals surface area contributed by atoms with E-state index in [0.717, 1.165) is 24.8 Å². The molecule has 0 N–H and O–H groups in total. The van der Waals surface area contributed by atoms with Gasteiger partial charge in [0.1, 0.15) is 0 Å². The van der Waals surface area contributed by atoms with Crippen molar-refractivity contribution in [3.05, 3.63) is 23.7 Å². The van der Waals surface area contributed by atoms with Crippen molar-refractivity contribution >= 4 is 6.71 Å². The molecule has 1 aliphatic carbocycles. The lowest BCUT2D eigenvalue weighted by molar-refractivity contribution is 0.945. The molecule has 0 fully saturated rings. The lowest BCUT2D eigenvalue weighted by Crippen LogP contribution is -2.22. The van der Waals surface area contributed by atoms with Gasteiger partial charge in [0.05, 0.1) is 0 Å². The maximum atomic E-state index is 2.37. The van der Waals surface area contributed by atoms with Gasteiger partial charge in [-0.05, 0) is 6.42 Å². The Bertz CT molecular complexity index is 191. The lowest BCUT2D eigenvalue weighted by Gasteiger charge is -2.21. The van der Waals surface area contributed by atoms with Crippen LogP contribution in [0.3, 0.4) is 0 Å². The smallest absolute Gasteiger partial charge is 0.0863 e. The van der Waals surface area contributed by atoms with Crippen LogP contribution in [0.2, 0.25) is 11.6 Å². The second-order valence-electron chi connectivity index (χ2n) is 4.36. The predicted molar refractivity (Wildman–Crippen MR) is 57.8 cm³/mol. The van der Waals surface area contributed by atoms with E-state index in [9.17, 15) is 0 Å². The molecule has 0 radical (unpaired) electrons. The van der Waals surface area contributed by atoms with Gasteiger partial charge in [0, 0.05) is 0 Å². The molecule has 0 aliphatic heterocycles. The predicted octanol–water partition coefficient (Wildman–Crippen LogP) is 3.73. The summed E-state index contributed by atoms with van der Waals surface area (Å²) in [4.78, 5) is 0. The molecule has 66 valence electrons. The summed E-state index contributed by atoms with van der Waals surface area (Å²) in [6.07, 6.45) is 8.06. The number of hydrogen-bond donors (Lipinski definition) is 0. The Labute approximate surface area is 76.8 Å². The van der Waals surface area contributed by atoms with Crippen molar-refractivity contribution in [2.75, 3.05) is 0 Å². The van der Waals surface area contributed by atoms with Crippen LogP contribution in [-0.2, 0) is 0 Å². The SMILES string of the molecule is CC(C)B(C1=CCC=C1)C(C)C. The van der Waals surface area contributed by atoms with Gasteiger partial charge in [-0.15, -0.1) is 0 Å². The molecule has 0 nitrogen and oxygen atoms in total. The molecule has 0 unspecified atom stereocenters. The summed E-state index contributed by atoms with van der Waals surface area (Å²) < 4.78 is 0. The zero-order chi connectivity index (χ0) is 9.14. The second kappa shape index (κ2) is 3.98. The zero-order valence-corrected chi connectivity index (χ0v) is 8.67. The molecular weight excluding hydrogens is 143 g/mol. The lowest BCUT2D eigenvalue weighted by atomic mass is 9.31. The largest absolute Gasteiger partial charge is 0.180 e. The molecule has 0 aromatic rings. The average molecular weight is 162 g/mol. The number of rotatable bonds is 3. The van der Waals surface area contributed by atoms with E-state index < -0.39 is 0 Å². The fraction of sp³-hybridized carbons (Fsp3) is 0.636. The molecule has 1 heteroatoms. The molecule has 0 aromatic heterocycles. The molecule has 1 rings (SSSR count). The quantitative estimate of drug-likeness (QED) is 0.554. The molecule has 0 amide bonds. The van der Waals surface area contributed by atoms with Crippen molar-refractivity contribution in [2.24, 2.45) is 0 Å². The van der Waals surface area contributed by atoms with E-state index in [1.54, 1.807) is 5.47 Å². The first-order chi connectivity index (χ1) is 5.63. The van der Waals surface area contributed by atoms with Crippen LogP contribution in [0.15, 0.2) is 23.7 Å². The standard InChI is InChI=1S/C11H19B/c1-9(2)12(10(3)4)11-7-5-6-8-11/h5,7-10H,6H2,1-4H3. The van der Waals surface area contributed by atoms with Gasteiger partial charge in [-0.25, -0.2) is 0 Å². The minimum Gasteiger partial charge on any atom is -0.0863 e. The highest BCUT2D eigenvalue weighted by atomic mass is 14.0. The third-order valence-electron chi connectivity index (χ3n) is 2.62. The maximum Gasteiger partial charge on any atom is 0.180 e. The van der Waals surface area contributed by atoms with Crippen molar-refractivity contribution in [1.29, 1.82) is 0 Å². The Morgan fingerprint density at radius 2 is 1.75 bits per heavy atom. The van der Waals surface area contributed by atoms with Crippen LogP contribution in [-0.4, -0.2) is 6.71 Å². The fourth-order valence-corrected chi connectivity index (χ4v) is 2.26. The molecule has 12 heavy (non-hydrogen) atoms. The van der Waals surface area contributed by atoms with Crippen molar-refractivity contribution < 1.29 is 0 Å². The van der Waals surface area contributed by atoms with E-state index in [2.05, 4.69) is 45.9 Å². The normalized spacial score (nSPS) is 16.0. The third-order valence-corrected chi connectivity index (χ3v) is 2.62. The van der Waals surface area contributed by atoms with Crippen molar-refractivity contribution in [3.63, 3.8) is 0 Å². The minimum absolute atomic E-state index is 0.753. The maximum absolute atomic E-state index is 2.37. The van der Waals surface area contributed by atoms with Crippen LogP contribution in [0.1, 0.15) is 34.1 Å². The minimum atomic E-state index is 0.753. The van der Waals surface area contributed by atoms with Crippen molar-refractivity contribution in [3.8, 4) is 0 Å². The molecule has 0 bridgehead atoms. The molecule has 1 aliphatic rings.